The zero-order chi connectivity index (χ0) is 19.3. The van der Waals surface area contributed by atoms with Gasteiger partial charge in [0.25, 0.3) is 0 Å². The maximum Gasteiger partial charge on any atom is 0.317 e. The molecule has 27 heavy (non-hydrogen) atoms. The molecule has 2 amide bonds. The van der Waals surface area contributed by atoms with Gasteiger partial charge in [-0.1, -0.05) is 30.3 Å². The topological polar surface area (TPSA) is 79.0 Å². The van der Waals surface area contributed by atoms with Gasteiger partial charge < -0.3 is 15.0 Å². The molecule has 0 saturated carbocycles. The van der Waals surface area contributed by atoms with Crippen molar-refractivity contribution in [2.45, 2.75) is 44.4 Å². The zero-order valence-corrected chi connectivity index (χ0v) is 16.7. The van der Waals surface area contributed by atoms with Crippen molar-refractivity contribution in [3.63, 3.8) is 0 Å². The molecule has 150 valence electrons. The molecule has 0 spiro atoms. The minimum atomic E-state index is -3.10. The zero-order valence-electron chi connectivity index (χ0n) is 15.8. The Labute approximate surface area is 161 Å². The predicted octanol–water partition coefficient (Wildman–Crippen LogP) is 1.80. The molecule has 0 bridgehead atoms. The molecule has 2 saturated heterocycles. The number of amides is 2. The molecule has 0 radical (unpaired) electrons. The Hall–Kier alpha value is -1.64. The van der Waals surface area contributed by atoms with Gasteiger partial charge in [-0.2, -0.15) is 0 Å². The van der Waals surface area contributed by atoms with Crippen molar-refractivity contribution in [1.29, 1.82) is 0 Å². The van der Waals surface area contributed by atoms with Crippen molar-refractivity contribution < 1.29 is 17.9 Å². The standard InChI is InChI=1S/C19H29N3O4S/c1-27(24,25)22-13-9-18(10-14-22)26-17-7-11-21(12-8-17)19(23)20-15-16-5-3-2-4-6-16/h2-6,17-18H,7-15H2,1H3,(H,20,23). The fourth-order valence-corrected chi connectivity index (χ4v) is 4.53. The molecular weight excluding hydrogens is 366 g/mol. The predicted molar refractivity (Wildman–Crippen MR) is 104 cm³/mol. The molecule has 8 heteroatoms. The molecule has 0 atom stereocenters. The maximum atomic E-state index is 12.3. The first-order valence-corrected chi connectivity index (χ1v) is 11.4. The van der Waals surface area contributed by atoms with E-state index >= 15 is 0 Å². The lowest BCUT2D eigenvalue weighted by atomic mass is 10.1. The van der Waals surface area contributed by atoms with Crippen LogP contribution in [0.4, 0.5) is 4.79 Å². The number of carbonyl (C=O) groups excluding carboxylic acids is 1. The van der Waals surface area contributed by atoms with E-state index in [2.05, 4.69) is 5.32 Å². The van der Waals surface area contributed by atoms with E-state index in [1.807, 2.05) is 35.2 Å². The molecule has 2 fully saturated rings. The summed E-state index contributed by atoms with van der Waals surface area (Å²) in [5.41, 5.74) is 1.09. The fourth-order valence-electron chi connectivity index (χ4n) is 3.65. The molecule has 7 nitrogen and oxygen atoms in total. The third-order valence-electron chi connectivity index (χ3n) is 5.27. The molecule has 1 aromatic carbocycles. The molecule has 1 N–H and O–H groups in total. The van der Waals surface area contributed by atoms with Gasteiger partial charge >= 0.3 is 6.03 Å². The van der Waals surface area contributed by atoms with E-state index in [0.29, 0.717) is 32.7 Å². The van der Waals surface area contributed by atoms with Gasteiger partial charge in [-0.15, -0.1) is 0 Å². The minimum absolute atomic E-state index is 0.0289. The monoisotopic (exact) mass is 395 g/mol. The van der Waals surface area contributed by atoms with Crippen molar-refractivity contribution in [1.82, 2.24) is 14.5 Å². The SMILES string of the molecule is CS(=O)(=O)N1CCC(OC2CCN(C(=O)NCc3ccccc3)CC2)CC1. The summed E-state index contributed by atoms with van der Waals surface area (Å²) in [6.45, 7) is 2.98. The second-order valence-electron chi connectivity index (χ2n) is 7.33. The van der Waals surface area contributed by atoms with Crippen LogP contribution in [-0.2, 0) is 21.3 Å². The molecule has 0 aliphatic carbocycles. The second-order valence-corrected chi connectivity index (χ2v) is 9.31. The summed E-state index contributed by atoms with van der Waals surface area (Å²) >= 11 is 0. The third-order valence-corrected chi connectivity index (χ3v) is 6.57. The molecule has 2 aliphatic rings. The van der Waals surface area contributed by atoms with Gasteiger partial charge in [-0.25, -0.2) is 17.5 Å². The van der Waals surface area contributed by atoms with Crippen LogP contribution in [0.3, 0.4) is 0 Å². The lowest BCUT2D eigenvalue weighted by molar-refractivity contribution is -0.0546. The van der Waals surface area contributed by atoms with Crippen molar-refractivity contribution in [3.05, 3.63) is 35.9 Å². The van der Waals surface area contributed by atoms with E-state index in [4.69, 9.17) is 4.74 Å². The van der Waals surface area contributed by atoms with Crippen LogP contribution >= 0.6 is 0 Å². The quantitative estimate of drug-likeness (QED) is 0.825. The Bertz CT molecular complexity index is 710. The fraction of sp³-hybridized carbons (Fsp3) is 0.632. The maximum absolute atomic E-state index is 12.3. The number of nitrogens with one attached hydrogen (secondary N) is 1. The van der Waals surface area contributed by atoms with E-state index < -0.39 is 10.0 Å². The Morgan fingerprint density at radius 1 is 1.04 bits per heavy atom. The van der Waals surface area contributed by atoms with Crippen LogP contribution < -0.4 is 5.32 Å². The molecule has 2 heterocycles. The number of sulfonamides is 1. The summed E-state index contributed by atoms with van der Waals surface area (Å²) in [6, 6.07) is 9.85. The molecule has 0 aromatic heterocycles. The number of ether oxygens (including phenoxy) is 1. The van der Waals surface area contributed by atoms with E-state index in [-0.39, 0.29) is 18.2 Å². The molecular formula is C19H29N3O4S. The Kier molecular flexibility index (Phi) is 6.73. The number of rotatable bonds is 5. The molecule has 1 aromatic rings. The summed E-state index contributed by atoms with van der Waals surface area (Å²) in [4.78, 5) is 14.2. The summed E-state index contributed by atoms with van der Waals surface area (Å²) < 4.78 is 30.8. The Balaban J connectivity index is 1.36. The number of urea groups is 1. The smallest absolute Gasteiger partial charge is 0.317 e. The highest BCUT2D eigenvalue weighted by Gasteiger charge is 2.29. The highest BCUT2D eigenvalue weighted by atomic mass is 32.2. The molecule has 3 rings (SSSR count). The number of nitrogens with zero attached hydrogens (tertiary/aromatic N) is 2. The van der Waals surface area contributed by atoms with Gasteiger partial charge in [-0.05, 0) is 31.2 Å². The van der Waals surface area contributed by atoms with E-state index in [0.717, 1.165) is 31.2 Å². The van der Waals surface area contributed by atoms with E-state index in [1.54, 1.807) is 0 Å². The minimum Gasteiger partial charge on any atom is -0.375 e. The number of benzene rings is 1. The highest BCUT2D eigenvalue weighted by molar-refractivity contribution is 7.88. The summed E-state index contributed by atoms with van der Waals surface area (Å²) in [7, 11) is -3.10. The Morgan fingerprint density at radius 3 is 2.15 bits per heavy atom. The average Bonchev–Trinajstić information content (AvgIpc) is 2.67. The van der Waals surface area contributed by atoms with Crippen LogP contribution in [0.2, 0.25) is 0 Å². The first-order chi connectivity index (χ1) is 12.9. The summed E-state index contributed by atoms with van der Waals surface area (Å²) in [5.74, 6) is 0. The van der Waals surface area contributed by atoms with Gasteiger partial charge in [0.2, 0.25) is 10.0 Å². The van der Waals surface area contributed by atoms with Crippen molar-refractivity contribution in [3.8, 4) is 0 Å². The second kappa shape index (κ2) is 9.03. The Morgan fingerprint density at radius 2 is 1.59 bits per heavy atom. The highest BCUT2D eigenvalue weighted by Crippen LogP contribution is 2.22. The average molecular weight is 396 g/mol. The van der Waals surface area contributed by atoms with E-state index in [1.165, 1.54) is 10.6 Å². The lowest BCUT2D eigenvalue weighted by Crippen LogP contribution is -2.47. The van der Waals surface area contributed by atoms with Crippen LogP contribution in [0.15, 0.2) is 30.3 Å². The van der Waals surface area contributed by atoms with Crippen LogP contribution in [0.25, 0.3) is 0 Å². The van der Waals surface area contributed by atoms with Crippen LogP contribution in [0.5, 0.6) is 0 Å². The number of hydrogen-bond acceptors (Lipinski definition) is 4. The molecule has 0 unspecified atom stereocenters. The van der Waals surface area contributed by atoms with Gasteiger partial charge in [0.05, 0.1) is 18.5 Å². The van der Waals surface area contributed by atoms with Crippen LogP contribution in [-0.4, -0.2) is 68.3 Å². The summed E-state index contributed by atoms with van der Waals surface area (Å²) in [6.07, 6.45) is 4.66. The van der Waals surface area contributed by atoms with Crippen LogP contribution in [0, 0.1) is 0 Å². The number of carbonyl (C=O) groups is 1. The first kappa shape index (κ1) is 20.1. The van der Waals surface area contributed by atoms with E-state index in [9.17, 15) is 13.2 Å². The van der Waals surface area contributed by atoms with Crippen molar-refractivity contribution in [2.24, 2.45) is 0 Å². The van der Waals surface area contributed by atoms with Crippen molar-refractivity contribution in [2.75, 3.05) is 32.4 Å². The number of piperidine rings is 2. The third kappa shape index (κ3) is 5.92. The first-order valence-electron chi connectivity index (χ1n) is 9.59. The normalized spacial score (nSPS) is 20.6. The number of likely N-dealkylation sites (tertiary alicyclic amines) is 1. The lowest BCUT2D eigenvalue weighted by Gasteiger charge is -2.36. The number of hydrogen-bond donors (Lipinski definition) is 1. The largest absolute Gasteiger partial charge is 0.375 e. The van der Waals surface area contributed by atoms with Gasteiger partial charge in [0, 0.05) is 32.7 Å². The summed E-state index contributed by atoms with van der Waals surface area (Å²) in [5, 5.41) is 2.97. The van der Waals surface area contributed by atoms with Crippen LogP contribution in [0.1, 0.15) is 31.2 Å². The van der Waals surface area contributed by atoms with Gasteiger partial charge in [0.15, 0.2) is 0 Å². The molecule has 2 aliphatic heterocycles. The van der Waals surface area contributed by atoms with Gasteiger partial charge in [0.1, 0.15) is 0 Å². The van der Waals surface area contributed by atoms with Crippen molar-refractivity contribution >= 4 is 16.1 Å². The van der Waals surface area contributed by atoms with Gasteiger partial charge in [-0.3, -0.25) is 0 Å².